The van der Waals surface area contributed by atoms with E-state index < -0.39 is 0 Å². The number of aromatic amines is 1. The quantitative estimate of drug-likeness (QED) is 0.815. The van der Waals surface area contributed by atoms with Crippen molar-refractivity contribution in [2.24, 2.45) is 0 Å². The highest BCUT2D eigenvalue weighted by Gasteiger charge is 2.26. The van der Waals surface area contributed by atoms with Crippen molar-refractivity contribution in [1.82, 2.24) is 10.3 Å². The van der Waals surface area contributed by atoms with Gasteiger partial charge in [-0.25, -0.2) is 0 Å². The molecule has 1 heterocycles. The molecule has 88 valence electrons. The van der Waals surface area contributed by atoms with Crippen LogP contribution in [0.3, 0.4) is 0 Å². The molecule has 0 saturated heterocycles. The molecule has 1 amide bonds. The molecule has 2 N–H and O–H groups in total. The third-order valence-electron chi connectivity index (χ3n) is 3.36. The highest BCUT2D eigenvalue weighted by molar-refractivity contribution is 6.09. The van der Waals surface area contributed by atoms with Crippen LogP contribution in [-0.2, 0) is 0 Å². The first-order valence-corrected chi connectivity index (χ1v) is 6.05. The maximum atomic E-state index is 12.2. The topological polar surface area (TPSA) is 44.9 Å². The molecule has 3 nitrogen and oxygen atoms in total. The smallest absolute Gasteiger partial charge is 0.253 e. The summed E-state index contributed by atoms with van der Waals surface area (Å²) < 4.78 is 0. The van der Waals surface area contributed by atoms with Gasteiger partial charge in [0.15, 0.2) is 0 Å². The van der Waals surface area contributed by atoms with Gasteiger partial charge in [0.05, 0.1) is 5.56 Å². The van der Waals surface area contributed by atoms with E-state index in [4.69, 9.17) is 0 Å². The highest BCUT2D eigenvalue weighted by atomic mass is 16.1. The van der Waals surface area contributed by atoms with Crippen molar-refractivity contribution >= 4 is 16.8 Å². The average molecular weight is 228 g/mol. The predicted molar refractivity (Wildman–Crippen MR) is 68.3 cm³/mol. The fourth-order valence-corrected chi connectivity index (χ4v) is 2.32. The van der Waals surface area contributed by atoms with Crippen LogP contribution in [0.5, 0.6) is 0 Å². The maximum absolute atomic E-state index is 12.2. The van der Waals surface area contributed by atoms with Crippen LogP contribution < -0.4 is 5.32 Å². The molecular formula is C14H16N2O. The van der Waals surface area contributed by atoms with E-state index in [0.717, 1.165) is 40.6 Å². The second-order valence-electron chi connectivity index (χ2n) is 4.87. The van der Waals surface area contributed by atoms with Crippen molar-refractivity contribution in [1.29, 1.82) is 0 Å². The number of fused-ring (bicyclic) bond motifs is 1. The van der Waals surface area contributed by atoms with E-state index in [1.807, 2.05) is 32.0 Å². The first-order valence-electron chi connectivity index (χ1n) is 6.05. The van der Waals surface area contributed by atoms with Gasteiger partial charge in [0.2, 0.25) is 0 Å². The second kappa shape index (κ2) is 3.62. The maximum Gasteiger partial charge on any atom is 0.253 e. The van der Waals surface area contributed by atoms with Crippen molar-refractivity contribution in [3.63, 3.8) is 0 Å². The van der Waals surface area contributed by atoms with Gasteiger partial charge < -0.3 is 10.3 Å². The van der Waals surface area contributed by atoms with Crippen LogP contribution in [0.4, 0.5) is 0 Å². The van der Waals surface area contributed by atoms with E-state index >= 15 is 0 Å². The van der Waals surface area contributed by atoms with E-state index in [1.165, 1.54) is 0 Å². The zero-order chi connectivity index (χ0) is 12.0. The third-order valence-corrected chi connectivity index (χ3v) is 3.36. The van der Waals surface area contributed by atoms with Crippen LogP contribution in [0.15, 0.2) is 18.2 Å². The Morgan fingerprint density at radius 1 is 1.35 bits per heavy atom. The molecule has 17 heavy (non-hydrogen) atoms. The lowest BCUT2D eigenvalue weighted by molar-refractivity contribution is 0.0952. The summed E-state index contributed by atoms with van der Waals surface area (Å²) in [6.07, 6.45) is 2.23. The first kappa shape index (κ1) is 10.4. The summed E-state index contributed by atoms with van der Waals surface area (Å²) >= 11 is 0. The number of H-pyrrole nitrogens is 1. The third kappa shape index (κ3) is 1.71. The van der Waals surface area contributed by atoms with Crippen molar-refractivity contribution < 1.29 is 4.79 Å². The number of hydrogen-bond acceptors (Lipinski definition) is 1. The second-order valence-corrected chi connectivity index (χ2v) is 4.87. The minimum atomic E-state index is 0.0607. The average Bonchev–Trinajstić information content (AvgIpc) is 3.00. The lowest BCUT2D eigenvalue weighted by atomic mass is 10.1. The molecule has 1 aromatic carbocycles. The van der Waals surface area contributed by atoms with Crippen molar-refractivity contribution in [3.8, 4) is 0 Å². The number of benzene rings is 1. The number of carbonyl (C=O) groups is 1. The molecule has 1 aromatic heterocycles. The lowest BCUT2D eigenvalue weighted by Gasteiger charge is -2.04. The van der Waals surface area contributed by atoms with Crippen molar-refractivity contribution in [3.05, 3.63) is 35.0 Å². The Bertz CT molecular complexity index is 594. The fourth-order valence-electron chi connectivity index (χ4n) is 2.32. The summed E-state index contributed by atoms with van der Waals surface area (Å²) in [4.78, 5) is 15.5. The Labute approximate surface area is 100 Å². The van der Waals surface area contributed by atoms with Gasteiger partial charge in [-0.3, -0.25) is 4.79 Å². The van der Waals surface area contributed by atoms with E-state index in [0.29, 0.717) is 6.04 Å². The molecule has 3 rings (SSSR count). The monoisotopic (exact) mass is 228 g/mol. The van der Waals surface area contributed by atoms with Crippen LogP contribution in [0.2, 0.25) is 0 Å². The van der Waals surface area contributed by atoms with E-state index in [1.54, 1.807) is 0 Å². The Balaban J connectivity index is 2.13. The van der Waals surface area contributed by atoms with Crippen LogP contribution in [0, 0.1) is 13.8 Å². The summed E-state index contributed by atoms with van der Waals surface area (Å²) in [6.45, 7) is 4.00. The van der Waals surface area contributed by atoms with Gasteiger partial charge in [-0.05, 0) is 38.3 Å². The van der Waals surface area contributed by atoms with Gasteiger partial charge in [-0.15, -0.1) is 0 Å². The van der Waals surface area contributed by atoms with E-state index in [2.05, 4.69) is 10.3 Å². The Morgan fingerprint density at radius 3 is 2.82 bits per heavy atom. The lowest BCUT2D eigenvalue weighted by Crippen LogP contribution is -2.25. The molecule has 1 saturated carbocycles. The molecule has 0 spiro atoms. The Morgan fingerprint density at radius 2 is 2.12 bits per heavy atom. The van der Waals surface area contributed by atoms with Crippen molar-refractivity contribution in [2.75, 3.05) is 0 Å². The molecule has 3 heteroatoms. The van der Waals surface area contributed by atoms with Gasteiger partial charge in [0.25, 0.3) is 5.91 Å². The summed E-state index contributed by atoms with van der Waals surface area (Å²) in [7, 11) is 0. The molecule has 0 aliphatic heterocycles. The summed E-state index contributed by atoms with van der Waals surface area (Å²) in [5, 5.41) is 4.12. The summed E-state index contributed by atoms with van der Waals surface area (Å²) in [5.41, 5.74) is 3.95. The molecule has 1 fully saturated rings. The minimum absolute atomic E-state index is 0.0607. The number of rotatable bonds is 2. The number of amides is 1. The van der Waals surface area contributed by atoms with Crippen LogP contribution in [0.1, 0.15) is 34.5 Å². The standard InChI is InChI=1S/C14H16N2O/c1-8-4-3-5-11-12(8)13(9(2)15-11)14(17)16-10-6-7-10/h3-5,10,15H,6-7H2,1-2H3,(H,16,17). The number of hydrogen-bond donors (Lipinski definition) is 2. The van der Waals surface area contributed by atoms with Gasteiger partial charge >= 0.3 is 0 Å². The van der Waals surface area contributed by atoms with E-state index in [9.17, 15) is 4.79 Å². The molecule has 0 bridgehead atoms. The number of carbonyl (C=O) groups excluding carboxylic acids is 1. The molecule has 0 atom stereocenters. The number of aromatic nitrogens is 1. The highest BCUT2D eigenvalue weighted by Crippen LogP contribution is 2.27. The molecular weight excluding hydrogens is 212 g/mol. The number of nitrogens with one attached hydrogen (secondary N) is 2. The zero-order valence-electron chi connectivity index (χ0n) is 10.1. The Hall–Kier alpha value is -1.77. The fraction of sp³-hybridized carbons (Fsp3) is 0.357. The SMILES string of the molecule is Cc1[nH]c2cccc(C)c2c1C(=O)NC1CC1. The summed E-state index contributed by atoms with van der Waals surface area (Å²) in [6, 6.07) is 6.47. The molecule has 0 unspecified atom stereocenters. The minimum Gasteiger partial charge on any atom is -0.358 e. The predicted octanol–water partition coefficient (Wildman–Crippen LogP) is 2.68. The normalized spacial score (nSPS) is 15.2. The van der Waals surface area contributed by atoms with Gasteiger partial charge in [-0.1, -0.05) is 12.1 Å². The first-order chi connectivity index (χ1) is 8.16. The van der Waals surface area contributed by atoms with Crippen LogP contribution >= 0.6 is 0 Å². The van der Waals surface area contributed by atoms with Crippen LogP contribution in [-0.4, -0.2) is 16.9 Å². The molecule has 1 aliphatic rings. The van der Waals surface area contributed by atoms with Gasteiger partial charge in [0.1, 0.15) is 0 Å². The van der Waals surface area contributed by atoms with Crippen LogP contribution in [0.25, 0.3) is 10.9 Å². The summed E-state index contributed by atoms with van der Waals surface area (Å²) in [5.74, 6) is 0.0607. The van der Waals surface area contributed by atoms with Crippen molar-refractivity contribution in [2.45, 2.75) is 32.7 Å². The van der Waals surface area contributed by atoms with Gasteiger partial charge in [-0.2, -0.15) is 0 Å². The van der Waals surface area contributed by atoms with E-state index in [-0.39, 0.29) is 5.91 Å². The van der Waals surface area contributed by atoms with Gasteiger partial charge in [0, 0.05) is 22.6 Å². The zero-order valence-corrected chi connectivity index (χ0v) is 10.1. The largest absolute Gasteiger partial charge is 0.358 e. The molecule has 1 aliphatic carbocycles. The Kier molecular flexibility index (Phi) is 2.21. The number of aryl methyl sites for hydroxylation is 2. The molecule has 0 radical (unpaired) electrons. The molecule has 2 aromatic rings.